The summed E-state index contributed by atoms with van der Waals surface area (Å²) in [5, 5.41) is 0. The third-order valence-electron chi connectivity index (χ3n) is 6.36. The van der Waals surface area contributed by atoms with Crippen molar-refractivity contribution in [3.8, 4) is 0 Å². The first-order valence-corrected chi connectivity index (χ1v) is 11.9. The largest absolute Gasteiger partial charge is 0.448 e. The summed E-state index contributed by atoms with van der Waals surface area (Å²) in [6, 6.07) is 11.2. The first-order valence-electron chi connectivity index (χ1n) is 11.9. The maximum absolute atomic E-state index is 12.9. The fourth-order valence-electron chi connectivity index (χ4n) is 4.65. The molecule has 9 heteroatoms. The van der Waals surface area contributed by atoms with Gasteiger partial charge in [0.05, 0.1) is 17.6 Å². The van der Waals surface area contributed by atoms with E-state index in [0.717, 1.165) is 16.7 Å². The normalized spacial score (nSPS) is 14.2. The zero-order valence-electron chi connectivity index (χ0n) is 20.2. The lowest BCUT2D eigenvalue weighted by Gasteiger charge is -2.38. The van der Waals surface area contributed by atoms with Gasteiger partial charge in [0.2, 0.25) is 5.91 Å². The van der Waals surface area contributed by atoms with Gasteiger partial charge in [0.1, 0.15) is 6.61 Å². The molecule has 1 aromatic carbocycles. The van der Waals surface area contributed by atoms with Crippen molar-refractivity contribution in [3.05, 3.63) is 65.9 Å². The van der Waals surface area contributed by atoms with Crippen molar-refractivity contribution in [2.24, 2.45) is 0 Å². The highest BCUT2D eigenvalue weighted by molar-refractivity contribution is 5.93. The van der Waals surface area contributed by atoms with E-state index in [1.165, 1.54) is 0 Å². The quantitative estimate of drug-likeness (QED) is 0.517. The molecule has 4 rings (SSSR count). The molecule has 0 atom stereocenters. The summed E-state index contributed by atoms with van der Waals surface area (Å²) in [4.78, 5) is 45.7. The number of imidazole rings is 1. The molecule has 1 fully saturated rings. The second-order valence-corrected chi connectivity index (χ2v) is 8.65. The molecule has 1 aliphatic heterocycles. The van der Waals surface area contributed by atoms with Crippen LogP contribution in [0.25, 0.3) is 16.7 Å². The summed E-state index contributed by atoms with van der Waals surface area (Å²) in [6.45, 7) is 8.87. The van der Waals surface area contributed by atoms with Gasteiger partial charge in [0, 0.05) is 49.3 Å². The van der Waals surface area contributed by atoms with Crippen molar-refractivity contribution >= 4 is 34.4 Å². The van der Waals surface area contributed by atoms with Crippen LogP contribution < -0.4 is 10.6 Å². The number of para-hydroxylation sites is 2. The molecule has 0 radical (unpaired) electrons. The zero-order valence-corrected chi connectivity index (χ0v) is 20.2. The van der Waals surface area contributed by atoms with Crippen LogP contribution in [0.2, 0.25) is 0 Å². The molecular formula is C26H31N5O4. The van der Waals surface area contributed by atoms with E-state index in [-0.39, 0.29) is 30.8 Å². The van der Waals surface area contributed by atoms with Crippen LogP contribution in [0.15, 0.2) is 60.2 Å². The fourth-order valence-corrected chi connectivity index (χ4v) is 4.65. The van der Waals surface area contributed by atoms with E-state index in [9.17, 15) is 14.4 Å². The van der Waals surface area contributed by atoms with E-state index in [2.05, 4.69) is 11.6 Å². The Morgan fingerprint density at radius 3 is 2.40 bits per heavy atom. The minimum absolute atomic E-state index is 0.0146. The van der Waals surface area contributed by atoms with E-state index in [1.807, 2.05) is 48.2 Å². The molecule has 184 valence electrons. The minimum atomic E-state index is -0.405. The molecule has 0 saturated carbocycles. The Hall–Kier alpha value is -3.88. The van der Waals surface area contributed by atoms with E-state index in [1.54, 1.807) is 33.4 Å². The summed E-state index contributed by atoms with van der Waals surface area (Å²) < 4.78 is 8.68. The zero-order chi connectivity index (χ0) is 24.9. The predicted molar refractivity (Wildman–Crippen MR) is 135 cm³/mol. The van der Waals surface area contributed by atoms with Gasteiger partial charge in [0.25, 0.3) is 0 Å². The summed E-state index contributed by atoms with van der Waals surface area (Å²) in [7, 11) is 0. The van der Waals surface area contributed by atoms with Gasteiger partial charge >= 0.3 is 11.8 Å². The summed E-state index contributed by atoms with van der Waals surface area (Å²) in [5.74, 6) is 0.0524. The molecule has 2 aromatic heterocycles. The molecule has 1 saturated heterocycles. The lowest BCUT2D eigenvalue weighted by atomic mass is 10.0. The molecule has 0 unspecified atom stereocenters. The smallest absolute Gasteiger partial charge is 0.409 e. The van der Waals surface area contributed by atoms with Gasteiger partial charge in [-0.15, -0.1) is 0 Å². The molecule has 2 amide bonds. The van der Waals surface area contributed by atoms with Gasteiger partial charge in [-0.05, 0) is 44.0 Å². The van der Waals surface area contributed by atoms with Crippen molar-refractivity contribution in [2.75, 3.05) is 24.6 Å². The molecule has 1 aliphatic rings. The molecule has 9 nitrogen and oxygen atoms in total. The number of aromatic nitrogens is 3. The molecule has 0 aliphatic carbocycles. The van der Waals surface area contributed by atoms with Crippen molar-refractivity contribution in [1.29, 1.82) is 0 Å². The predicted octanol–water partition coefficient (Wildman–Crippen LogP) is 3.73. The van der Waals surface area contributed by atoms with Crippen molar-refractivity contribution in [1.82, 2.24) is 19.0 Å². The average molecular weight is 478 g/mol. The number of amides is 2. The van der Waals surface area contributed by atoms with Gasteiger partial charge in [-0.1, -0.05) is 25.6 Å². The number of rotatable bonds is 7. The van der Waals surface area contributed by atoms with Crippen molar-refractivity contribution in [2.45, 2.75) is 45.7 Å². The topological polar surface area (TPSA) is 89.7 Å². The average Bonchev–Trinajstić information content (AvgIpc) is 3.16. The number of piperidine rings is 1. The lowest BCUT2D eigenvalue weighted by Crippen LogP contribution is -2.49. The molecule has 0 bridgehead atoms. The number of benzene rings is 1. The Bertz CT molecular complexity index is 1270. The molecular weight excluding hydrogens is 446 g/mol. The standard InChI is InChI=1S/C26H31N5O4/c1-4-24(32)31(20-9-13-27-14-10-20)21-11-15-28(16-12-21)26(34)35-18-17-29-22-7-5-6-8-23(22)30(19(2)3)25(29)33/h5-10,13-14,21H,2,4,11-12,15-18H2,1,3H3. The molecule has 3 heterocycles. The van der Waals surface area contributed by atoms with Crippen LogP contribution >= 0.6 is 0 Å². The molecule has 35 heavy (non-hydrogen) atoms. The molecule has 3 aromatic rings. The molecule has 0 spiro atoms. The maximum atomic E-state index is 12.9. The summed E-state index contributed by atoms with van der Waals surface area (Å²) in [6.07, 6.45) is 4.68. The van der Waals surface area contributed by atoms with E-state index < -0.39 is 6.09 Å². The number of allylic oxidation sites excluding steroid dienone is 1. The fraction of sp³-hybridized carbons (Fsp3) is 0.385. The van der Waals surface area contributed by atoms with Crippen LogP contribution in [0.3, 0.4) is 0 Å². The van der Waals surface area contributed by atoms with Gasteiger partial charge in [-0.25, -0.2) is 9.59 Å². The van der Waals surface area contributed by atoms with Crippen molar-refractivity contribution in [3.63, 3.8) is 0 Å². The molecule has 0 N–H and O–H groups in total. The monoisotopic (exact) mass is 477 g/mol. The Morgan fingerprint density at radius 2 is 1.77 bits per heavy atom. The Labute approximate surface area is 204 Å². The van der Waals surface area contributed by atoms with Crippen LogP contribution in [0, 0.1) is 0 Å². The SMILES string of the molecule is C=C(C)n1c(=O)n(CCOC(=O)N2CCC(N(C(=O)CC)c3ccncc3)CC2)c2ccccc21. The number of ether oxygens (including phenoxy) is 1. The highest BCUT2D eigenvalue weighted by Crippen LogP contribution is 2.24. The maximum Gasteiger partial charge on any atom is 0.409 e. The van der Waals surface area contributed by atoms with Gasteiger partial charge < -0.3 is 14.5 Å². The van der Waals surface area contributed by atoms with E-state index in [0.29, 0.717) is 38.0 Å². The number of carbonyl (C=O) groups is 2. The van der Waals surface area contributed by atoms with Gasteiger partial charge in [-0.3, -0.25) is 18.9 Å². The third-order valence-corrected chi connectivity index (χ3v) is 6.36. The van der Waals surface area contributed by atoms with E-state index in [4.69, 9.17) is 4.74 Å². The number of anilines is 1. The highest BCUT2D eigenvalue weighted by atomic mass is 16.6. The van der Waals surface area contributed by atoms with Gasteiger partial charge in [0.15, 0.2) is 0 Å². The summed E-state index contributed by atoms with van der Waals surface area (Å²) in [5.41, 5.74) is 2.81. The van der Waals surface area contributed by atoms with Gasteiger partial charge in [-0.2, -0.15) is 0 Å². The number of nitrogens with zero attached hydrogens (tertiary/aromatic N) is 5. The Morgan fingerprint density at radius 1 is 1.11 bits per heavy atom. The Balaban J connectivity index is 1.36. The van der Waals surface area contributed by atoms with Crippen LogP contribution in [0.5, 0.6) is 0 Å². The first-order chi connectivity index (χ1) is 16.9. The van der Waals surface area contributed by atoms with Crippen molar-refractivity contribution < 1.29 is 14.3 Å². The lowest BCUT2D eigenvalue weighted by molar-refractivity contribution is -0.119. The van der Waals surface area contributed by atoms with E-state index >= 15 is 0 Å². The number of hydrogen-bond acceptors (Lipinski definition) is 5. The van der Waals surface area contributed by atoms with Crippen LogP contribution in [0.1, 0.15) is 33.1 Å². The van der Waals surface area contributed by atoms with Crippen LogP contribution in [-0.4, -0.2) is 56.8 Å². The second-order valence-electron chi connectivity index (χ2n) is 8.65. The number of likely N-dealkylation sites (tertiary alicyclic amines) is 1. The number of pyridine rings is 1. The second kappa shape index (κ2) is 10.6. The number of carbonyl (C=O) groups excluding carboxylic acids is 2. The highest BCUT2D eigenvalue weighted by Gasteiger charge is 2.30. The van der Waals surface area contributed by atoms with Crippen LogP contribution in [-0.2, 0) is 16.1 Å². The first kappa shape index (κ1) is 24.3. The minimum Gasteiger partial charge on any atom is -0.448 e. The third kappa shape index (κ3) is 4.99. The number of fused-ring (bicyclic) bond motifs is 1. The Kier molecular flexibility index (Phi) is 7.33. The summed E-state index contributed by atoms with van der Waals surface area (Å²) >= 11 is 0. The number of hydrogen-bond donors (Lipinski definition) is 0. The van der Waals surface area contributed by atoms with Crippen LogP contribution in [0.4, 0.5) is 10.5 Å².